The second-order valence-electron chi connectivity index (χ2n) is 3.39. The molecule has 2 rings (SSSR count). The summed E-state index contributed by atoms with van der Waals surface area (Å²) < 4.78 is 2.19. The molecule has 6 heteroatoms. The fourth-order valence-corrected chi connectivity index (χ4v) is 1.84. The molecule has 0 saturated carbocycles. The third kappa shape index (κ3) is 1.76. The minimum Gasteiger partial charge on any atom is -0.382 e. The smallest absolute Gasteiger partial charge is 0.150 e. The van der Waals surface area contributed by atoms with E-state index < -0.39 is 0 Å². The summed E-state index contributed by atoms with van der Waals surface area (Å²) in [6.45, 7) is 1.79. The molecule has 0 atom stereocenters. The highest BCUT2D eigenvalue weighted by Gasteiger charge is 2.12. The molecule has 0 aliphatic rings. The molecular formula is C10H10BrClN4. The maximum absolute atomic E-state index is 6.01. The lowest BCUT2D eigenvalue weighted by Gasteiger charge is -2.02. The van der Waals surface area contributed by atoms with E-state index in [9.17, 15) is 0 Å². The van der Waals surface area contributed by atoms with Crippen LogP contribution in [-0.2, 0) is 0 Å². The summed E-state index contributed by atoms with van der Waals surface area (Å²) in [6, 6.07) is 5.53. The molecule has 1 heterocycles. The first-order valence-corrected chi connectivity index (χ1v) is 5.73. The molecule has 2 aromatic rings. The summed E-state index contributed by atoms with van der Waals surface area (Å²) in [5, 5.41) is 0.612. The van der Waals surface area contributed by atoms with E-state index in [0.29, 0.717) is 22.4 Å². The zero-order valence-electron chi connectivity index (χ0n) is 8.54. The van der Waals surface area contributed by atoms with Crippen molar-refractivity contribution in [2.24, 2.45) is 0 Å². The van der Waals surface area contributed by atoms with Gasteiger partial charge in [0.2, 0.25) is 0 Å². The number of nitrogen functional groups attached to an aromatic ring is 2. The highest BCUT2D eigenvalue weighted by atomic mass is 79.9. The maximum Gasteiger partial charge on any atom is 0.150 e. The van der Waals surface area contributed by atoms with E-state index in [1.54, 1.807) is 13.0 Å². The number of imidazole rings is 1. The molecule has 0 amide bonds. The van der Waals surface area contributed by atoms with Gasteiger partial charge in [0.25, 0.3) is 0 Å². The molecule has 0 spiro atoms. The van der Waals surface area contributed by atoms with Crippen molar-refractivity contribution in [1.29, 1.82) is 0 Å². The molecule has 16 heavy (non-hydrogen) atoms. The SMILES string of the molecule is Cc1nc(-c2ccc(Br)c(Cl)c2)c(N)n1N. The lowest BCUT2D eigenvalue weighted by molar-refractivity contribution is 0.937. The Morgan fingerprint density at radius 2 is 2.12 bits per heavy atom. The van der Waals surface area contributed by atoms with Crippen LogP contribution in [0.1, 0.15) is 5.82 Å². The van der Waals surface area contributed by atoms with Crippen molar-refractivity contribution in [1.82, 2.24) is 9.66 Å². The quantitative estimate of drug-likeness (QED) is 0.795. The summed E-state index contributed by atoms with van der Waals surface area (Å²) in [4.78, 5) is 4.29. The van der Waals surface area contributed by atoms with Gasteiger partial charge in [-0.3, -0.25) is 0 Å². The summed E-state index contributed by atoms with van der Waals surface area (Å²) in [5.41, 5.74) is 7.34. The van der Waals surface area contributed by atoms with Gasteiger partial charge in [0.1, 0.15) is 11.5 Å². The molecule has 1 aromatic carbocycles. The summed E-state index contributed by atoms with van der Waals surface area (Å²) in [5.74, 6) is 6.78. The van der Waals surface area contributed by atoms with Crippen LogP contribution in [0.5, 0.6) is 0 Å². The number of nitrogens with zero attached hydrogens (tertiary/aromatic N) is 2. The molecule has 4 N–H and O–H groups in total. The van der Waals surface area contributed by atoms with Crippen LogP contribution in [0.25, 0.3) is 11.3 Å². The minimum atomic E-state index is 0.427. The van der Waals surface area contributed by atoms with E-state index in [0.717, 1.165) is 10.0 Å². The monoisotopic (exact) mass is 300 g/mol. The second kappa shape index (κ2) is 3.99. The molecule has 0 aliphatic carbocycles. The number of hydrogen-bond donors (Lipinski definition) is 2. The van der Waals surface area contributed by atoms with Crippen molar-refractivity contribution < 1.29 is 0 Å². The normalized spacial score (nSPS) is 10.7. The van der Waals surface area contributed by atoms with Crippen molar-refractivity contribution in [3.05, 3.63) is 33.5 Å². The number of aryl methyl sites for hydroxylation is 1. The van der Waals surface area contributed by atoms with Crippen molar-refractivity contribution in [3.63, 3.8) is 0 Å². The first kappa shape index (κ1) is 11.3. The molecule has 1 aromatic heterocycles. The number of halogens is 2. The second-order valence-corrected chi connectivity index (χ2v) is 4.65. The molecule has 0 fully saturated rings. The largest absolute Gasteiger partial charge is 0.382 e. The first-order chi connectivity index (χ1) is 7.50. The molecule has 0 radical (unpaired) electrons. The predicted octanol–water partition coefficient (Wildman–Crippen LogP) is 2.57. The predicted molar refractivity (Wildman–Crippen MR) is 69.7 cm³/mol. The van der Waals surface area contributed by atoms with Gasteiger partial charge in [-0.05, 0) is 35.0 Å². The van der Waals surface area contributed by atoms with Crippen LogP contribution in [0.3, 0.4) is 0 Å². The van der Waals surface area contributed by atoms with E-state index in [4.69, 9.17) is 23.2 Å². The topological polar surface area (TPSA) is 69.9 Å². The molecule has 0 saturated heterocycles. The fraction of sp³-hybridized carbons (Fsp3) is 0.100. The lowest BCUT2D eigenvalue weighted by atomic mass is 10.1. The molecular weight excluding hydrogens is 291 g/mol. The van der Waals surface area contributed by atoms with Gasteiger partial charge in [-0.2, -0.15) is 0 Å². The van der Waals surface area contributed by atoms with Crippen molar-refractivity contribution >= 4 is 33.3 Å². The van der Waals surface area contributed by atoms with Crippen molar-refractivity contribution in [2.75, 3.05) is 11.6 Å². The summed E-state index contributed by atoms with van der Waals surface area (Å²) >= 11 is 9.34. The van der Waals surface area contributed by atoms with E-state index in [1.807, 2.05) is 12.1 Å². The van der Waals surface area contributed by atoms with E-state index in [1.165, 1.54) is 4.68 Å². The third-order valence-corrected chi connectivity index (χ3v) is 3.55. The highest BCUT2D eigenvalue weighted by Crippen LogP contribution is 2.30. The zero-order valence-corrected chi connectivity index (χ0v) is 10.9. The molecule has 4 nitrogen and oxygen atoms in total. The molecule has 0 bridgehead atoms. The Morgan fingerprint density at radius 3 is 2.62 bits per heavy atom. The number of anilines is 1. The van der Waals surface area contributed by atoms with Gasteiger partial charge >= 0.3 is 0 Å². The average Bonchev–Trinajstić information content (AvgIpc) is 2.50. The van der Waals surface area contributed by atoms with Gasteiger partial charge < -0.3 is 11.6 Å². The summed E-state index contributed by atoms with van der Waals surface area (Å²) in [6.07, 6.45) is 0. The molecule has 0 unspecified atom stereocenters. The standard InChI is InChI=1S/C10H10BrClN4/c1-5-15-9(10(13)16(5)14)6-2-3-7(11)8(12)4-6/h2-4H,13-14H2,1H3. The van der Waals surface area contributed by atoms with Crippen LogP contribution >= 0.6 is 27.5 Å². The van der Waals surface area contributed by atoms with Gasteiger partial charge in [-0.1, -0.05) is 17.7 Å². The van der Waals surface area contributed by atoms with Gasteiger partial charge in [0.05, 0.1) is 5.02 Å². The average molecular weight is 302 g/mol. The van der Waals surface area contributed by atoms with E-state index in [-0.39, 0.29) is 0 Å². The highest BCUT2D eigenvalue weighted by molar-refractivity contribution is 9.10. The van der Waals surface area contributed by atoms with E-state index >= 15 is 0 Å². The van der Waals surface area contributed by atoms with Crippen LogP contribution in [-0.4, -0.2) is 9.66 Å². The van der Waals surface area contributed by atoms with Crippen LogP contribution in [0.4, 0.5) is 5.82 Å². The number of rotatable bonds is 1. The number of nitrogens with two attached hydrogens (primary N) is 2. The van der Waals surface area contributed by atoms with E-state index in [2.05, 4.69) is 20.9 Å². The Hall–Kier alpha value is -1.20. The number of hydrogen-bond acceptors (Lipinski definition) is 3. The fourth-order valence-electron chi connectivity index (χ4n) is 1.42. The first-order valence-electron chi connectivity index (χ1n) is 4.56. The van der Waals surface area contributed by atoms with Gasteiger partial charge in [-0.25, -0.2) is 9.66 Å². The molecule has 0 aliphatic heterocycles. The Labute approximate surface area is 106 Å². The zero-order chi connectivity index (χ0) is 11.9. The molecule has 84 valence electrons. The van der Waals surface area contributed by atoms with Crippen LogP contribution in [0, 0.1) is 6.92 Å². The van der Waals surface area contributed by atoms with Gasteiger partial charge in [0.15, 0.2) is 5.82 Å². The number of aromatic nitrogens is 2. The Balaban J connectivity index is 2.59. The number of benzene rings is 1. The van der Waals surface area contributed by atoms with Crippen molar-refractivity contribution in [3.8, 4) is 11.3 Å². The summed E-state index contributed by atoms with van der Waals surface area (Å²) in [7, 11) is 0. The Bertz CT molecular complexity index is 550. The van der Waals surface area contributed by atoms with Crippen LogP contribution < -0.4 is 11.6 Å². The van der Waals surface area contributed by atoms with Crippen LogP contribution in [0.2, 0.25) is 5.02 Å². The minimum absolute atomic E-state index is 0.427. The maximum atomic E-state index is 6.01. The third-order valence-electron chi connectivity index (χ3n) is 2.32. The van der Waals surface area contributed by atoms with Gasteiger partial charge in [0, 0.05) is 10.0 Å². The van der Waals surface area contributed by atoms with Crippen LogP contribution in [0.15, 0.2) is 22.7 Å². The lowest BCUT2D eigenvalue weighted by Crippen LogP contribution is -2.13. The van der Waals surface area contributed by atoms with Gasteiger partial charge in [-0.15, -0.1) is 0 Å². The Kier molecular flexibility index (Phi) is 2.82. The van der Waals surface area contributed by atoms with Crippen molar-refractivity contribution in [2.45, 2.75) is 6.92 Å². The Morgan fingerprint density at radius 1 is 1.44 bits per heavy atom.